The summed E-state index contributed by atoms with van der Waals surface area (Å²) in [6.07, 6.45) is 4.10. The molecule has 0 radical (unpaired) electrons. The van der Waals surface area contributed by atoms with Crippen molar-refractivity contribution in [3.63, 3.8) is 0 Å². The number of alkyl carbamates (subject to hydrolysis) is 1. The van der Waals surface area contributed by atoms with Gasteiger partial charge in [-0.05, 0) is 36.1 Å². The van der Waals surface area contributed by atoms with Crippen LogP contribution in [-0.4, -0.2) is 12.6 Å². The summed E-state index contributed by atoms with van der Waals surface area (Å²) < 4.78 is 5.13. The topological polar surface area (TPSA) is 62.1 Å². The molecule has 2 aromatic carbocycles. The van der Waals surface area contributed by atoms with Gasteiger partial charge in [0, 0.05) is 6.54 Å². The lowest BCUT2D eigenvalue weighted by atomic mass is 10.0. The molecule has 0 aliphatic rings. The predicted octanol–water partition coefficient (Wildman–Crippen LogP) is 4.20. The molecule has 0 fully saturated rings. The number of hydrogen-bond donors (Lipinski definition) is 1. The third-order valence-electron chi connectivity index (χ3n) is 3.52. The first-order valence-electron chi connectivity index (χ1n) is 7.81. The molecule has 4 heteroatoms. The van der Waals surface area contributed by atoms with E-state index in [1.54, 1.807) is 6.07 Å². The first kappa shape index (κ1) is 17.3. The summed E-state index contributed by atoms with van der Waals surface area (Å²) in [5.74, 6) is 0. The van der Waals surface area contributed by atoms with Gasteiger partial charge < -0.3 is 10.1 Å². The maximum absolute atomic E-state index is 11.6. The number of carbonyl (C=O) groups is 1. The number of nitrogens with zero attached hydrogens (tertiary/aromatic N) is 1. The molecule has 2 aromatic rings. The van der Waals surface area contributed by atoms with Gasteiger partial charge in [0.15, 0.2) is 0 Å². The van der Waals surface area contributed by atoms with Crippen molar-refractivity contribution in [1.29, 1.82) is 5.26 Å². The second kappa shape index (κ2) is 9.16. The van der Waals surface area contributed by atoms with Gasteiger partial charge in [0.2, 0.25) is 0 Å². The van der Waals surface area contributed by atoms with Crippen LogP contribution in [0, 0.1) is 18.3 Å². The number of ether oxygens (including phenoxy) is 1. The third kappa shape index (κ3) is 5.29. The fourth-order valence-corrected chi connectivity index (χ4v) is 2.23. The van der Waals surface area contributed by atoms with Gasteiger partial charge in [0.05, 0.1) is 11.6 Å². The van der Waals surface area contributed by atoms with Crippen molar-refractivity contribution < 1.29 is 9.53 Å². The summed E-state index contributed by atoms with van der Waals surface area (Å²) in [5, 5.41) is 11.8. The van der Waals surface area contributed by atoms with Crippen LogP contribution in [0.15, 0.2) is 54.6 Å². The van der Waals surface area contributed by atoms with Gasteiger partial charge >= 0.3 is 6.09 Å². The average molecular weight is 320 g/mol. The molecule has 0 bridgehead atoms. The normalized spacial score (nSPS) is 10.3. The number of nitrogens with one attached hydrogen (secondary N) is 1. The lowest BCUT2D eigenvalue weighted by Crippen LogP contribution is -2.24. The molecule has 1 amide bonds. The Morgan fingerprint density at radius 3 is 2.75 bits per heavy atom. The smallest absolute Gasteiger partial charge is 0.407 e. The first-order chi connectivity index (χ1) is 11.7. The van der Waals surface area contributed by atoms with Gasteiger partial charge in [-0.15, -0.1) is 0 Å². The lowest BCUT2D eigenvalue weighted by Gasteiger charge is -2.06. The van der Waals surface area contributed by atoms with Gasteiger partial charge in [-0.2, -0.15) is 5.26 Å². The van der Waals surface area contributed by atoms with Crippen LogP contribution in [-0.2, 0) is 11.3 Å². The fraction of sp³-hybridized carbons (Fsp3) is 0.200. The van der Waals surface area contributed by atoms with Gasteiger partial charge in [-0.1, -0.05) is 54.6 Å². The highest BCUT2D eigenvalue weighted by molar-refractivity contribution is 5.67. The summed E-state index contributed by atoms with van der Waals surface area (Å²) >= 11 is 0. The van der Waals surface area contributed by atoms with Crippen LogP contribution in [0.3, 0.4) is 0 Å². The quantitative estimate of drug-likeness (QED) is 0.812. The van der Waals surface area contributed by atoms with Crippen molar-refractivity contribution in [1.82, 2.24) is 5.32 Å². The van der Waals surface area contributed by atoms with Crippen LogP contribution in [0.5, 0.6) is 0 Å². The minimum Gasteiger partial charge on any atom is -0.445 e. The van der Waals surface area contributed by atoms with Crippen LogP contribution in [0.4, 0.5) is 4.79 Å². The van der Waals surface area contributed by atoms with Crippen molar-refractivity contribution in [2.24, 2.45) is 0 Å². The number of amides is 1. The van der Waals surface area contributed by atoms with Crippen LogP contribution in [0.25, 0.3) is 6.08 Å². The Morgan fingerprint density at radius 1 is 1.21 bits per heavy atom. The van der Waals surface area contributed by atoms with E-state index in [1.165, 1.54) is 0 Å². The molecule has 24 heavy (non-hydrogen) atoms. The molecule has 122 valence electrons. The second-order valence-corrected chi connectivity index (χ2v) is 5.33. The maximum Gasteiger partial charge on any atom is 0.407 e. The maximum atomic E-state index is 11.6. The van der Waals surface area contributed by atoms with Crippen LogP contribution < -0.4 is 5.32 Å². The Morgan fingerprint density at radius 2 is 2.00 bits per heavy atom. The molecule has 0 spiro atoms. The summed E-state index contributed by atoms with van der Waals surface area (Å²) in [5.41, 5.74) is 3.59. The standard InChI is InChI=1S/C20H20N2O2/c1-16-8-7-11-18(14-21)19(16)12-5-6-13-22-20(23)24-15-17-9-3-2-4-10-17/h2-5,7-12H,6,13,15H2,1H3,(H,22,23). The Labute approximate surface area is 142 Å². The van der Waals surface area contributed by atoms with Crippen LogP contribution in [0.2, 0.25) is 0 Å². The number of aryl methyl sites for hydroxylation is 1. The number of benzene rings is 2. The van der Waals surface area contributed by atoms with E-state index >= 15 is 0 Å². The van der Waals surface area contributed by atoms with E-state index in [0.29, 0.717) is 18.5 Å². The molecule has 0 atom stereocenters. The number of hydrogen-bond acceptors (Lipinski definition) is 3. The van der Waals surface area contributed by atoms with Crippen LogP contribution in [0.1, 0.15) is 28.7 Å². The minimum atomic E-state index is -0.430. The molecular formula is C20H20N2O2. The summed E-state index contributed by atoms with van der Waals surface area (Å²) in [4.78, 5) is 11.6. The largest absolute Gasteiger partial charge is 0.445 e. The number of carbonyl (C=O) groups excluding carboxylic acids is 1. The molecule has 0 aromatic heterocycles. The monoisotopic (exact) mass is 320 g/mol. The highest BCUT2D eigenvalue weighted by Gasteiger charge is 2.02. The molecule has 1 N–H and O–H groups in total. The van der Waals surface area contributed by atoms with Crippen molar-refractivity contribution in [3.8, 4) is 6.07 Å². The molecule has 2 rings (SSSR count). The van der Waals surface area contributed by atoms with Crippen molar-refractivity contribution >= 4 is 12.2 Å². The summed E-state index contributed by atoms with van der Waals surface area (Å²) in [6, 6.07) is 17.4. The summed E-state index contributed by atoms with van der Waals surface area (Å²) in [7, 11) is 0. The van der Waals surface area contributed by atoms with Crippen molar-refractivity contribution in [2.75, 3.05) is 6.54 Å². The zero-order valence-corrected chi connectivity index (χ0v) is 13.7. The van der Waals surface area contributed by atoms with Gasteiger partial charge in [0.1, 0.15) is 6.61 Å². The van der Waals surface area contributed by atoms with Crippen molar-refractivity contribution in [3.05, 3.63) is 76.9 Å². The second-order valence-electron chi connectivity index (χ2n) is 5.33. The molecular weight excluding hydrogens is 300 g/mol. The third-order valence-corrected chi connectivity index (χ3v) is 3.52. The van der Waals surface area contributed by atoms with E-state index in [1.807, 2.05) is 61.5 Å². The Hall–Kier alpha value is -3.06. The first-order valence-corrected chi connectivity index (χ1v) is 7.81. The minimum absolute atomic E-state index is 0.261. The Bertz CT molecular complexity index is 746. The molecule has 0 unspecified atom stereocenters. The zero-order chi connectivity index (χ0) is 17.2. The van der Waals surface area contributed by atoms with Gasteiger partial charge in [-0.25, -0.2) is 4.79 Å². The van der Waals surface area contributed by atoms with Gasteiger partial charge in [0.25, 0.3) is 0 Å². The molecule has 4 nitrogen and oxygen atoms in total. The zero-order valence-electron chi connectivity index (χ0n) is 13.7. The van der Waals surface area contributed by atoms with E-state index in [9.17, 15) is 4.79 Å². The van der Waals surface area contributed by atoms with Crippen molar-refractivity contribution in [2.45, 2.75) is 20.0 Å². The van der Waals surface area contributed by atoms with E-state index in [0.717, 1.165) is 16.7 Å². The molecule has 0 saturated carbocycles. The van der Waals surface area contributed by atoms with Crippen LogP contribution >= 0.6 is 0 Å². The highest BCUT2D eigenvalue weighted by Crippen LogP contribution is 2.15. The number of nitriles is 1. The van der Waals surface area contributed by atoms with E-state index in [4.69, 9.17) is 10.00 Å². The predicted molar refractivity (Wildman–Crippen MR) is 94.2 cm³/mol. The van der Waals surface area contributed by atoms with E-state index in [2.05, 4.69) is 11.4 Å². The molecule has 0 saturated heterocycles. The van der Waals surface area contributed by atoms with Gasteiger partial charge in [-0.3, -0.25) is 0 Å². The highest BCUT2D eigenvalue weighted by atomic mass is 16.5. The fourth-order valence-electron chi connectivity index (χ4n) is 2.23. The Kier molecular flexibility index (Phi) is 6.60. The average Bonchev–Trinajstić information content (AvgIpc) is 2.61. The van der Waals surface area contributed by atoms with E-state index in [-0.39, 0.29) is 6.61 Å². The molecule has 0 aliphatic heterocycles. The van der Waals surface area contributed by atoms with E-state index < -0.39 is 6.09 Å². The number of rotatable bonds is 6. The summed E-state index contributed by atoms with van der Waals surface area (Å²) in [6.45, 7) is 2.72. The molecule has 0 heterocycles. The lowest BCUT2D eigenvalue weighted by molar-refractivity contribution is 0.140. The SMILES string of the molecule is Cc1cccc(C#N)c1C=CCCNC(=O)OCc1ccccc1. The Balaban J connectivity index is 1.73. The molecule has 0 aliphatic carbocycles.